The van der Waals surface area contributed by atoms with E-state index in [1.54, 1.807) is 0 Å². The molecule has 0 heterocycles. The van der Waals surface area contributed by atoms with Crippen molar-refractivity contribution in [3.05, 3.63) is 48.0 Å². The van der Waals surface area contributed by atoms with E-state index >= 15 is 0 Å². The van der Waals surface area contributed by atoms with Crippen molar-refractivity contribution in [3.8, 4) is 11.1 Å². The van der Waals surface area contributed by atoms with Crippen LogP contribution in [-0.2, 0) is 9.59 Å². The van der Waals surface area contributed by atoms with Crippen LogP contribution >= 0.6 is 0 Å². The van der Waals surface area contributed by atoms with Crippen LogP contribution in [0.1, 0.15) is 13.8 Å². The van der Waals surface area contributed by atoms with E-state index in [2.05, 4.69) is 10.6 Å². The molecular formula is C16H14F2N2O2. The molecule has 2 amide bonds. The molecule has 0 unspecified atom stereocenters. The van der Waals surface area contributed by atoms with Gasteiger partial charge in [0, 0.05) is 36.3 Å². The maximum absolute atomic E-state index is 14.1. The minimum Gasteiger partial charge on any atom is -0.326 e. The number of benzene rings is 2. The number of anilines is 2. The summed E-state index contributed by atoms with van der Waals surface area (Å²) in [6, 6.07) is 7.99. The number of nitrogens with one attached hydrogen (secondary N) is 2. The van der Waals surface area contributed by atoms with E-state index in [0.717, 1.165) is 12.1 Å². The molecule has 0 saturated heterocycles. The molecule has 22 heavy (non-hydrogen) atoms. The van der Waals surface area contributed by atoms with Crippen LogP contribution in [0, 0.1) is 11.6 Å². The van der Waals surface area contributed by atoms with Gasteiger partial charge in [0.1, 0.15) is 11.6 Å². The fourth-order valence-corrected chi connectivity index (χ4v) is 2.03. The second-order valence-electron chi connectivity index (χ2n) is 4.75. The molecule has 0 fully saturated rings. The quantitative estimate of drug-likeness (QED) is 0.911. The third-order valence-electron chi connectivity index (χ3n) is 2.87. The first-order chi connectivity index (χ1) is 10.4. The Hall–Kier alpha value is -2.76. The Bertz CT molecular complexity index is 681. The van der Waals surface area contributed by atoms with Gasteiger partial charge < -0.3 is 10.6 Å². The normalized spacial score (nSPS) is 10.2. The van der Waals surface area contributed by atoms with Crippen molar-refractivity contribution in [2.24, 2.45) is 0 Å². The number of amides is 2. The molecule has 0 bridgehead atoms. The SMILES string of the molecule is CC(=O)Nc1ccc(-c2ccc(NC(C)=O)cc2F)c(F)c1. The van der Waals surface area contributed by atoms with Crippen LogP contribution in [0.15, 0.2) is 36.4 Å². The molecule has 0 aliphatic heterocycles. The molecule has 0 saturated carbocycles. The summed E-state index contributed by atoms with van der Waals surface area (Å²) >= 11 is 0. The van der Waals surface area contributed by atoms with Crippen LogP contribution in [0.4, 0.5) is 20.2 Å². The van der Waals surface area contributed by atoms with Crippen molar-refractivity contribution in [1.82, 2.24) is 0 Å². The summed E-state index contributed by atoms with van der Waals surface area (Å²) in [5.74, 6) is -1.95. The van der Waals surface area contributed by atoms with Crippen LogP contribution in [-0.4, -0.2) is 11.8 Å². The first-order valence-electron chi connectivity index (χ1n) is 6.51. The monoisotopic (exact) mass is 304 g/mol. The van der Waals surface area contributed by atoms with Crippen LogP contribution in [0.3, 0.4) is 0 Å². The Balaban J connectivity index is 2.35. The minimum atomic E-state index is -0.655. The van der Waals surface area contributed by atoms with Gasteiger partial charge >= 0.3 is 0 Å². The summed E-state index contributed by atoms with van der Waals surface area (Å²) in [5.41, 5.74) is 0.731. The average molecular weight is 304 g/mol. The lowest BCUT2D eigenvalue weighted by Crippen LogP contribution is -2.06. The fourth-order valence-electron chi connectivity index (χ4n) is 2.03. The number of hydrogen-bond acceptors (Lipinski definition) is 2. The third-order valence-corrected chi connectivity index (χ3v) is 2.87. The summed E-state index contributed by atoms with van der Waals surface area (Å²) in [6.07, 6.45) is 0. The first-order valence-corrected chi connectivity index (χ1v) is 6.51. The zero-order valence-electron chi connectivity index (χ0n) is 12.0. The number of carbonyl (C=O) groups is 2. The third kappa shape index (κ3) is 3.66. The van der Waals surface area contributed by atoms with Crippen molar-refractivity contribution >= 4 is 23.2 Å². The van der Waals surface area contributed by atoms with Gasteiger partial charge in [0.25, 0.3) is 0 Å². The molecule has 0 aromatic heterocycles. The molecule has 6 heteroatoms. The maximum Gasteiger partial charge on any atom is 0.221 e. The molecule has 0 aliphatic rings. The minimum absolute atomic E-state index is 0.0703. The summed E-state index contributed by atoms with van der Waals surface area (Å²) in [6.45, 7) is 2.62. The average Bonchev–Trinajstić information content (AvgIpc) is 2.38. The van der Waals surface area contributed by atoms with Gasteiger partial charge in [-0.2, -0.15) is 0 Å². The summed E-state index contributed by atoms with van der Waals surface area (Å²) in [5, 5.41) is 4.90. The molecule has 2 aromatic carbocycles. The predicted molar refractivity (Wildman–Crippen MR) is 80.4 cm³/mol. The molecule has 0 radical (unpaired) electrons. The lowest BCUT2D eigenvalue weighted by Gasteiger charge is -2.09. The van der Waals surface area contributed by atoms with Gasteiger partial charge in [-0.25, -0.2) is 8.78 Å². The zero-order valence-corrected chi connectivity index (χ0v) is 12.0. The van der Waals surface area contributed by atoms with E-state index in [0.29, 0.717) is 11.4 Å². The van der Waals surface area contributed by atoms with E-state index in [9.17, 15) is 18.4 Å². The van der Waals surface area contributed by atoms with Gasteiger partial charge in [-0.15, -0.1) is 0 Å². The molecule has 2 aromatic rings. The molecular weight excluding hydrogens is 290 g/mol. The molecule has 2 rings (SSSR count). The van der Waals surface area contributed by atoms with Crippen molar-refractivity contribution < 1.29 is 18.4 Å². The van der Waals surface area contributed by atoms with E-state index in [-0.39, 0.29) is 22.9 Å². The van der Waals surface area contributed by atoms with Crippen molar-refractivity contribution in [2.45, 2.75) is 13.8 Å². The number of rotatable bonds is 3. The van der Waals surface area contributed by atoms with Crippen LogP contribution in [0.25, 0.3) is 11.1 Å². The highest BCUT2D eigenvalue weighted by molar-refractivity contribution is 5.90. The second kappa shape index (κ2) is 6.34. The lowest BCUT2D eigenvalue weighted by molar-refractivity contribution is -0.115. The predicted octanol–water partition coefficient (Wildman–Crippen LogP) is 3.55. The molecule has 0 spiro atoms. The molecule has 114 valence electrons. The summed E-state index contributed by atoms with van der Waals surface area (Å²) < 4.78 is 28.2. The standard InChI is InChI=1S/C16H14F2N2O2/c1-9(21)19-11-3-5-13(15(17)7-11)14-6-4-12(8-16(14)18)20-10(2)22/h3-8H,1-2H3,(H,19,21)(H,20,22). The molecule has 0 atom stereocenters. The Morgan fingerprint density at radius 3 is 1.41 bits per heavy atom. The Labute approximate surface area is 126 Å². The van der Waals surface area contributed by atoms with Crippen LogP contribution in [0.2, 0.25) is 0 Å². The van der Waals surface area contributed by atoms with Gasteiger partial charge in [-0.1, -0.05) is 0 Å². The van der Waals surface area contributed by atoms with Crippen molar-refractivity contribution in [1.29, 1.82) is 0 Å². The highest BCUT2D eigenvalue weighted by Crippen LogP contribution is 2.29. The van der Waals surface area contributed by atoms with E-state index in [1.807, 2.05) is 0 Å². The van der Waals surface area contributed by atoms with Gasteiger partial charge in [0.15, 0.2) is 0 Å². The van der Waals surface area contributed by atoms with Gasteiger partial charge in [-0.3, -0.25) is 9.59 Å². The Kier molecular flexibility index (Phi) is 4.50. The molecule has 2 N–H and O–H groups in total. The topological polar surface area (TPSA) is 58.2 Å². The van der Waals surface area contributed by atoms with E-state index in [1.165, 1.54) is 38.1 Å². The zero-order chi connectivity index (χ0) is 16.3. The van der Waals surface area contributed by atoms with Crippen molar-refractivity contribution in [3.63, 3.8) is 0 Å². The second-order valence-corrected chi connectivity index (χ2v) is 4.75. The summed E-state index contributed by atoms with van der Waals surface area (Å²) in [7, 11) is 0. The number of halogens is 2. The first kappa shape index (κ1) is 15.6. The van der Waals surface area contributed by atoms with Crippen molar-refractivity contribution in [2.75, 3.05) is 10.6 Å². The smallest absolute Gasteiger partial charge is 0.221 e. The van der Waals surface area contributed by atoms with E-state index < -0.39 is 11.6 Å². The highest BCUT2D eigenvalue weighted by atomic mass is 19.1. The molecule has 4 nitrogen and oxygen atoms in total. The largest absolute Gasteiger partial charge is 0.326 e. The Morgan fingerprint density at radius 2 is 1.14 bits per heavy atom. The summed E-state index contributed by atoms with van der Waals surface area (Å²) in [4.78, 5) is 21.9. The highest BCUT2D eigenvalue weighted by Gasteiger charge is 2.12. The number of carbonyl (C=O) groups excluding carboxylic acids is 2. The molecule has 0 aliphatic carbocycles. The number of hydrogen-bond donors (Lipinski definition) is 2. The fraction of sp³-hybridized carbons (Fsp3) is 0.125. The van der Waals surface area contributed by atoms with Gasteiger partial charge in [0.05, 0.1) is 0 Å². The Morgan fingerprint density at radius 1 is 0.773 bits per heavy atom. The maximum atomic E-state index is 14.1. The van der Waals surface area contributed by atoms with Crippen LogP contribution < -0.4 is 10.6 Å². The van der Waals surface area contributed by atoms with E-state index in [4.69, 9.17) is 0 Å². The van der Waals surface area contributed by atoms with Gasteiger partial charge in [-0.05, 0) is 36.4 Å². The lowest BCUT2D eigenvalue weighted by atomic mass is 10.0. The van der Waals surface area contributed by atoms with Crippen LogP contribution in [0.5, 0.6) is 0 Å². The van der Waals surface area contributed by atoms with Gasteiger partial charge in [0.2, 0.25) is 11.8 Å².